The molecule has 0 aliphatic carbocycles. The second kappa shape index (κ2) is 6.29. The summed E-state index contributed by atoms with van der Waals surface area (Å²) < 4.78 is 7.20. The molecular formula is C18H16BrNO. The molecule has 1 atom stereocenters. The van der Waals surface area contributed by atoms with Gasteiger partial charge in [0.1, 0.15) is 11.9 Å². The van der Waals surface area contributed by atoms with E-state index >= 15 is 0 Å². The topological polar surface area (TPSA) is 35.2 Å². The fourth-order valence-corrected chi connectivity index (χ4v) is 2.97. The van der Waals surface area contributed by atoms with Gasteiger partial charge in [-0.1, -0.05) is 70.5 Å². The molecule has 21 heavy (non-hydrogen) atoms. The molecule has 3 aromatic carbocycles. The highest BCUT2D eigenvalue weighted by Gasteiger charge is 2.15. The monoisotopic (exact) mass is 341 g/mol. The van der Waals surface area contributed by atoms with Crippen molar-refractivity contribution >= 4 is 26.7 Å². The van der Waals surface area contributed by atoms with Crippen LogP contribution in [0.2, 0.25) is 0 Å². The Labute approximate surface area is 132 Å². The first-order valence-corrected chi connectivity index (χ1v) is 7.68. The van der Waals surface area contributed by atoms with Gasteiger partial charge in [0.05, 0.1) is 0 Å². The van der Waals surface area contributed by atoms with Crippen molar-refractivity contribution in [1.29, 1.82) is 0 Å². The number of nitrogens with two attached hydrogens (primary N) is 1. The van der Waals surface area contributed by atoms with Gasteiger partial charge in [-0.25, -0.2) is 0 Å². The van der Waals surface area contributed by atoms with Crippen LogP contribution < -0.4 is 10.5 Å². The normalized spacial score (nSPS) is 12.3. The molecule has 0 spiro atoms. The van der Waals surface area contributed by atoms with E-state index < -0.39 is 0 Å². The molecule has 1 unspecified atom stereocenters. The summed E-state index contributed by atoms with van der Waals surface area (Å²) in [6.45, 7) is 0.422. The maximum atomic E-state index is 6.19. The number of ether oxygens (including phenoxy) is 1. The number of fused-ring (bicyclic) bond motifs is 1. The smallest absolute Gasteiger partial charge is 0.137 e. The lowest BCUT2D eigenvalue weighted by molar-refractivity contribution is 0.216. The Hall–Kier alpha value is -1.84. The fourth-order valence-electron chi connectivity index (χ4n) is 2.43. The van der Waals surface area contributed by atoms with E-state index in [-0.39, 0.29) is 6.10 Å². The molecule has 0 aliphatic rings. The van der Waals surface area contributed by atoms with Crippen LogP contribution in [-0.4, -0.2) is 6.54 Å². The van der Waals surface area contributed by atoms with Crippen LogP contribution in [0, 0.1) is 0 Å². The predicted octanol–water partition coefficient (Wildman–Crippen LogP) is 4.68. The molecule has 0 heterocycles. The molecule has 3 rings (SSSR count). The second-order valence-electron chi connectivity index (χ2n) is 4.84. The van der Waals surface area contributed by atoms with Crippen molar-refractivity contribution in [2.45, 2.75) is 6.10 Å². The van der Waals surface area contributed by atoms with Crippen molar-refractivity contribution in [3.05, 3.63) is 76.8 Å². The molecule has 106 valence electrons. The van der Waals surface area contributed by atoms with Crippen molar-refractivity contribution in [1.82, 2.24) is 0 Å². The first-order chi connectivity index (χ1) is 10.3. The van der Waals surface area contributed by atoms with E-state index in [1.54, 1.807) is 0 Å². The highest BCUT2D eigenvalue weighted by atomic mass is 79.9. The van der Waals surface area contributed by atoms with E-state index in [1.165, 1.54) is 0 Å². The molecule has 2 nitrogen and oxygen atoms in total. The molecule has 0 aliphatic heterocycles. The number of benzene rings is 3. The van der Waals surface area contributed by atoms with Crippen LogP contribution in [0.15, 0.2) is 71.2 Å². The van der Waals surface area contributed by atoms with Crippen LogP contribution in [0.25, 0.3) is 10.8 Å². The van der Waals surface area contributed by atoms with Crippen molar-refractivity contribution in [2.75, 3.05) is 6.54 Å². The van der Waals surface area contributed by atoms with Crippen LogP contribution in [0.5, 0.6) is 5.75 Å². The third-order valence-corrected chi connectivity index (χ3v) is 4.21. The summed E-state index contributed by atoms with van der Waals surface area (Å²) in [5.74, 6) is 0.860. The van der Waals surface area contributed by atoms with Gasteiger partial charge in [-0.05, 0) is 17.5 Å². The molecule has 0 radical (unpaired) electrons. The third-order valence-electron chi connectivity index (χ3n) is 3.49. The molecule has 0 aromatic heterocycles. The first-order valence-electron chi connectivity index (χ1n) is 6.88. The zero-order valence-electron chi connectivity index (χ0n) is 11.5. The lowest BCUT2D eigenvalue weighted by atomic mass is 10.1. The average Bonchev–Trinajstić information content (AvgIpc) is 2.53. The number of hydrogen-bond acceptors (Lipinski definition) is 2. The predicted molar refractivity (Wildman–Crippen MR) is 90.5 cm³/mol. The molecule has 0 bridgehead atoms. The van der Waals surface area contributed by atoms with Gasteiger partial charge >= 0.3 is 0 Å². The molecule has 0 amide bonds. The summed E-state index contributed by atoms with van der Waals surface area (Å²) in [4.78, 5) is 0. The lowest BCUT2D eigenvalue weighted by Gasteiger charge is -2.20. The lowest BCUT2D eigenvalue weighted by Crippen LogP contribution is -2.19. The summed E-state index contributed by atoms with van der Waals surface area (Å²) in [6, 6.07) is 22.3. The molecule has 0 saturated heterocycles. The molecule has 3 aromatic rings. The summed E-state index contributed by atoms with van der Waals surface area (Å²) in [6.07, 6.45) is -0.175. The molecule has 3 heteroatoms. The van der Waals surface area contributed by atoms with Gasteiger partial charge in [-0.15, -0.1) is 0 Å². The molecular weight excluding hydrogens is 326 g/mol. The van der Waals surface area contributed by atoms with Crippen LogP contribution in [-0.2, 0) is 0 Å². The van der Waals surface area contributed by atoms with E-state index in [0.29, 0.717) is 6.54 Å². The number of hydrogen-bond donors (Lipinski definition) is 1. The van der Waals surface area contributed by atoms with E-state index in [0.717, 1.165) is 26.6 Å². The Morgan fingerprint density at radius 3 is 2.43 bits per heavy atom. The Bertz CT molecular complexity index is 752. The Morgan fingerprint density at radius 2 is 1.62 bits per heavy atom. The minimum atomic E-state index is -0.175. The van der Waals surface area contributed by atoms with E-state index in [2.05, 4.69) is 34.1 Å². The Kier molecular flexibility index (Phi) is 4.23. The third kappa shape index (κ3) is 2.94. The van der Waals surface area contributed by atoms with Gasteiger partial charge < -0.3 is 10.5 Å². The summed E-state index contributed by atoms with van der Waals surface area (Å²) >= 11 is 3.57. The SMILES string of the molecule is NCC(Oc1cccc2ccccc12)c1ccccc1Br. The molecule has 2 N–H and O–H groups in total. The summed E-state index contributed by atoms with van der Waals surface area (Å²) in [5, 5.41) is 2.27. The van der Waals surface area contributed by atoms with Crippen LogP contribution in [0.4, 0.5) is 0 Å². The second-order valence-corrected chi connectivity index (χ2v) is 5.70. The van der Waals surface area contributed by atoms with Gasteiger partial charge in [0.2, 0.25) is 0 Å². The highest BCUT2D eigenvalue weighted by Crippen LogP contribution is 2.31. The van der Waals surface area contributed by atoms with Crippen LogP contribution in [0.3, 0.4) is 0 Å². The van der Waals surface area contributed by atoms with Crippen molar-refractivity contribution in [3.63, 3.8) is 0 Å². The standard InChI is InChI=1S/C18H16BrNO/c19-16-10-4-3-9-15(16)18(12-20)21-17-11-5-7-13-6-1-2-8-14(13)17/h1-11,18H,12,20H2. The Morgan fingerprint density at radius 1 is 0.905 bits per heavy atom. The Balaban J connectivity index is 1.98. The zero-order valence-corrected chi connectivity index (χ0v) is 13.1. The number of halogens is 1. The average molecular weight is 342 g/mol. The highest BCUT2D eigenvalue weighted by molar-refractivity contribution is 9.10. The first kappa shape index (κ1) is 14.1. The fraction of sp³-hybridized carbons (Fsp3) is 0.111. The maximum absolute atomic E-state index is 6.19. The largest absolute Gasteiger partial charge is 0.484 e. The van der Waals surface area contributed by atoms with E-state index in [9.17, 15) is 0 Å². The van der Waals surface area contributed by atoms with Gasteiger partial charge in [0, 0.05) is 22.0 Å². The summed E-state index contributed by atoms with van der Waals surface area (Å²) in [7, 11) is 0. The minimum absolute atomic E-state index is 0.175. The van der Waals surface area contributed by atoms with Gasteiger partial charge in [0.15, 0.2) is 0 Å². The van der Waals surface area contributed by atoms with Gasteiger partial charge in [-0.3, -0.25) is 0 Å². The van der Waals surface area contributed by atoms with Gasteiger partial charge in [0.25, 0.3) is 0 Å². The van der Waals surface area contributed by atoms with Crippen molar-refractivity contribution < 1.29 is 4.74 Å². The molecule has 0 saturated carbocycles. The summed E-state index contributed by atoms with van der Waals surface area (Å²) in [5.41, 5.74) is 6.98. The van der Waals surface area contributed by atoms with Crippen LogP contribution >= 0.6 is 15.9 Å². The van der Waals surface area contributed by atoms with Gasteiger partial charge in [-0.2, -0.15) is 0 Å². The van der Waals surface area contributed by atoms with E-state index in [1.807, 2.05) is 48.5 Å². The van der Waals surface area contributed by atoms with E-state index in [4.69, 9.17) is 10.5 Å². The minimum Gasteiger partial charge on any atom is -0.484 e. The zero-order chi connectivity index (χ0) is 14.7. The van der Waals surface area contributed by atoms with Crippen molar-refractivity contribution in [3.8, 4) is 5.75 Å². The maximum Gasteiger partial charge on any atom is 0.137 e. The number of rotatable bonds is 4. The quantitative estimate of drug-likeness (QED) is 0.747. The van der Waals surface area contributed by atoms with Crippen molar-refractivity contribution in [2.24, 2.45) is 5.73 Å². The molecule has 0 fully saturated rings. The van der Waals surface area contributed by atoms with Crippen LogP contribution in [0.1, 0.15) is 11.7 Å².